The molecule has 0 aromatic heterocycles. The first-order chi connectivity index (χ1) is 6.74. The van der Waals surface area contributed by atoms with Crippen molar-refractivity contribution < 1.29 is 14.3 Å². The first kappa shape index (κ1) is 11.3. The number of esters is 1. The minimum absolute atomic E-state index is 0.168. The number of carbonyl (C=O) groups is 2. The third kappa shape index (κ3) is 3.54. The van der Waals surface area contributed by atoms with Gasteiger partial charge in [0.2, 0.25) is 0 Å². The van der Waals surface area contributed by atoms with Crippen molar-refractivity contribution in [2.75, 3.05) is 12.4 Å². The molecule has 0 spiro atoms. The molecule has 0 saturated carbocycles. The minimum atomic E-state index is -0.175. The van der Waals surface area contributed by atoms with Crippen molar-refractivity contribution in [1.82, 2.24) is 0 Å². The van der Waals surface area contributed by atoms with Gasteiger partial charge in [-0.3, -0.25) is 9.59 Å². The van der Waals surface area contributed by atoms with Crippen molar-refractivity contribution in [3.63, 3.8) is 0 Å². The smallest absolute Gasteiger partial charge is 0.305 e. The summed E-state index contributed by atoms with van der Waals surface area (Å²) in [6, 6.07) is 0. The Labute approximate surface area is 87.9 Å². The minimum Gasteiger partial charge on any atom is -0.465 e. The molecule has 0 saturated heterocycles. The van der Waals surface area contributed by atoms with Gasteiger partial charge >= 0.3 is 5.97 Å². The molecule has 4 heteroatoms. The maximum atomic E-state index is 11.1. The third-order valence-corrected chi connectivity index (χ3v) is 2.77. The molecular formula is C10H14O3S. The first-order valence-corrected chi connectivity index (χ1v) is 5.78. The van der Waals surface area contributed by atoms with Crippen LogP contribution >= 0.6 is 11.8 Å². The van der Waals surface area contributed by atoms with Crippen molar-refractivity contribution in [3.05, 3.63) is 11.0 Å². The van der Waals surface area contributed by atoms with Crippen molar-refractivity contribution in [2.24, 2.45) is 0 Å². The molecule has 0 unspecified atom stereocenters. The van der Waals surface area contributed by atoms with Crippen LogP contribution in [0.4, 0.5) is 0 Å². The Hall–Kier alpha value is -0.770. The van der Waals surface area contributed by atoms with E-state index in [2.05, 4.69) is 0 Å². The summed E-state index contributed by atoms with van der Waals surface area (Å²) < 4.78 is 4.95. The van der Waals surface area contributed by atoms with Crippen LogP contribution in [0.1, 0.15) is 26.2 Å². The number of ketones is 1. The van der Waals surface area contributed by atoms with Gasteiger partial charge in [-0.15, -0.1) is 11.8 Å². The molecule has 0 radical (unpaired) electrons. The van der Waals surface area contributed by atoms with Crippen LogP contribution in [-0.4, -0.2) is 24.1 Å². The number of hydrogen-bond donors (Lipinski definition) is 0. The Bertz CT molecular complexity index is 258. The zero-order valence-electron chi connectivity index (χ0n) is 8.25. The van der Waals surface area contributed by atoms with Gasteiger partial charge in [-0.2, -0.15) is 0 Å². The van der Waals surface area contributed by atoms with Gasteiger partial charge in [0.1, 0.15) is 0 Å². The summed E-state index contributed by atoms with van der Waals surface area (Å²) in [4.78, 5) is 22.1. The second-order valence-electron chi connectivity index (χ2n) is 3.10. The molecule has 1 aliphatic heterocycles. The fourth-order valence-corrected chi connectivity index (χ4v) is 2.00. The highest BCUT2D eigenvalue weighted by Gasteiger charge is 2.15. The van der Waals surface area contributed by atoms with Crippen LogP contribution in [0.25, 0.3) is 0 Å². The standard InChI is InChI=1S/C10H14O3S/c1-2-3-10(12)13-5-4-8-6-14-7-9(8)11/h6H,2-5,7H2,1H3. The average Bonchev–Trinajstić information content (AvgIpc) is 2.52. The average molecular weight is 214 g/mol. The summed E-state index contributed by atoms with van der Waals surface area (Å²) in [6.45, 7) is 2.26. The van der Waals surface area contributed by atoms with Crippen LogP contribution in [0.2, 0.25) is 0 Å². The molecule has 1 heterocycles. The van der Waals surface area contributed by atoms with Gasteiger partial charge in [0.25, 0.3) is 0 Å². The molecule has 0 aliphatic carbocycles. The van der Waals surface area contributed by atoms with Crippen LogP contribution in [0.15, 0.2) is 11.0 Å². The van der Waals surface area contributed by atoms with Gasteiger partial charge in [0.05, 0.1) is 12.4 Å². The zero-order chi connectivity index (χ0) is 10.4. The van der Waals surface area contributed by atoms with E-state index >= 15 is 0 Å². The van der Waals surface area contributed by atoms with Gasteiger partial charge in [-0.25, -0.2) is 0 Å². The van der Waals surface area contributed by atoms with Gasteiger partial charge in [0, 0.05) is 18.4 Å². The highest BCUT2D eigenvalue weighted by molar-refractivity contribution is 8.03. The van der Waals surface area contributed by atoms with E-state index in [1.807, 2.05) is 12.3 Å². The number of carbonyl (C=O) groups excluding carboxylic acids is 2. The van der Waals surface area contributed by atoms with E-state index < -0.39 is 0 Å². The second-order valence-corrected chi connectivity index (χ2v) is 3.96. The molecule has 0 aromatic rings. The predicted octanol–water partition coefficient (Wildman–Crippen LogP) is 1.92. The quantitative estimate of drug-likeness (QED) is 0.656. The molecule has 0 amide bonds. The zero-order valence-corrected chi connectivity index (χ0v) is 9.06. The number of thioether (sulfide) groups is 1. The highest BCUT2D eigenvalue weighted by atomic mass is 32.2. The van der Waals surface area contributed by atoms with Crippen LogP contribution in [0.3, 0.4) is 0 Å². The number of rotatable bonds is 5. The second kappa shape index (κ2) is 5.86. The highest BCUT2D eigenvalue weighted by Crippen LogP contribution is 2.20. The molecule has 1 rings (SSSR count). The van der Waals surface area contributed by atoms with E-state index in [1.54, 1.807) is 0 Å². The SMILES string of the molecule is CCCC(=O)OCCC1=CSCC1=O. The van der Waals surface area contributed by atoms with E-state index in [1.165, 1.54) is 11.8 Å². The van der Waals surface area contributed by atoms with Crippen molar-refractivity contribution >= 4 is 23.5 Å². The van der Waals surface area contributed by atoms with Gasteiger partial charge in [-0.05, 0) is 11.8 Å². The van der Waals surface area contributed by atoms with Crippen LogP contribution in [0.5, 0.6) is 0 Å². The Kier molecular flexibility index (Phi) is 4.73. The van der Waals surface area contributed by atoms with E-state index in [4.69, 9.17) is 4.74 Å². The number of hydrogen-bond acceptors (Lipinski definition) is 4. The largest absolute Gasteiger partial charge is 0.465 e. The van der Waals surface area contributed by atoms with E-state index in [0.717, 1.165) is 12.0 Å². The molecule has 78 valence electrons. The fourth-order valence-electron chi connectivity index (χ4n) is 1.13. The lowest BCUT2D eigenvalue weighted by Gasteiger charge is -2.03. The molecule has 0 bridgehead atoms. The Morgan fingerprint density at radius 3 is 3.00 bits per heavy atom. The lowest BCUT2D eigenvalue weighted by Crippen LogP contribution is -2.08. The Balaban J connectivity index is 2.15. The summed E-state index contributed by atoms with van der Waals surface area (Å²) in [5.41, 5.74) is 0.791. The van der Waals surface area contributed by atoms with Crippen LogP contribution < -0.4 is 0 Å². The third-order valence-electron chi connectivity index (χ3n) is 1.89. The summed E-state index contributed by atoms with van der Waals surface area (Å²) >= 11 is 1.51. The molecule has 1 aliphatic rings. The van der Waals surface area contributed by atoms with E-state index in [-0.39, 0.29) is 11.8 Å². The maximum absolute atomic E-state index is 11.1. The normalized spacial score (nSPS) is 15.5. The molecule has 0 aromatic carbocycles. The molecule has 0 fully saturated rings. The summed E-state index contributed by atoms with van der Waals surface area (Å²) in [6.07, 6.45) is 1.82. The summed E-state index contributed by atoms with van der Waals surface area (Å²) in [7, 11) is 0. The fraction of sp³-hybridized carbons (Fsp3) is 0.600. The van der Waals surface area contributed by atoms with Crippen LogP contribution in [-0.2, 0) is 14.3 Å². The van der Waals surface area contributed by atoms with E-state index in [9.17, 15) is 9.59 Å². The van der Waals surface area contributed by atoms with Gasteiger partial charge in [0.15, 0.2) is 5.78 Å². The molecule has 14 heavy (non-hydrogen) atoms. The maximum Gasteiger partial charge on any atom is 0.305 e. The lowest BCUT2D eigenvalue weighted by atomic mass is 10.1. The number of ether oxygens (including phenoxy) is 1. The molecule has 3 nitrogen and oxygen atoms in total. The van der Waals surface area contributed by atoms with Crippen molar-refractivity contribution in [3.8, 4) is 0 Å². The predicted molar refractivity (Wildman–Crippen MR) is 56.0 cm³/mol. The van der Waals surface area contributed by atoms with Gasteiger partial charge < -0.3 is 4.74 Å². The topological polar surface area (TPSA) is 43.4 Å². The summed E-state index contributed by atoms with van der Waals surface area (Å²) in [5, 5.41) is 1.86. The van der Waals surface area contributed by atoms with Crippen molar-refractivity contribution in [1.29, 1.82) is 0 Å². The number of Topliss-reactive ketones (excluding diaryl/α,β-unsaturated/α-hetero) is 1. The van der Waals surface area contributed by atoms with Gasteiger partial charge in [-0.1, -0.05) is 6.92 Å². The molecule has 0 N–H and O–H groups in total. The van der Waals surface area contributed by atoms with Crippen LogP contribution in [0, 0.1) is 0 Å². The van der Waals surface area contributed by atoms with Crippen molar-refractivity contribution in [2.45, 2.75) is 26.2 Å². The molecule has 0 atom stereocenters. The molecular weight excluding hydrogens is 200 g/mol. The Morgan fingerprint density at radius 1 is 1.64 bits per heavy atom. The summed E-state index contributed by atoms with van der Waals surface area (Å²) in [5.74, 6) is 0.533. The lowest BCUT2D eigenvalue weighted by molar-refractivity contribution is -0.143. The first-order valence-electron chi connectivity index (χ1n) is 4.73. The Morgan fingerprint density at radius 2 is 2.43 bits per heavy atom. The van der Waals surface area contributed by atoms with E-state index in [0.29, 0.717) is 25.2 Å². The monoisotopic (exact) mass is 214 g/mol.